The molecule has 0 aromatic heterocycles. The molecular weight excluding hydrogens is 192 g/mol. The van der Waals surface area contributed by atoms with Gasteiger partial charge in [-0.1, -0.05) is 52.2 Å². The highest BCUT2D eigenvalue weighted by Gasteiger charge is 2.35. The van der Waals surface area contributed by atoms with Crippen LogP contribution in [0.15, 0.2) is 12.2 Å². The van der Waals surface area contributed by atoms with E-state index < -0.39 is 0 Å². The fourth-order valence-electron chi connectivity index (χ4n) is 3.69. The van der Waals surface area contributed by atoms with Crippen LogP contribution in [0.4, 0.5) is 0 Å². The molecule has 0 heterocycles. The quantitative estimate of drug-likeness (QED) is 0.572. The molecule has 3 unspecified atom stereocenters. The van der Waals surface area contributed by atoms with Gasteiger partial charge in [0.05, 0.1) is 0 Å². The minimum absolute atomic E-state index is 0.644. The zero-order chi connectivity index (χ0) is 11.6. The molecule has 0 spiro atoms. The van der Waals surface area contributed by atoms with Gasteiger partial charge in [-0.2, -0.15) is 0 Å². The summed E-state index contributed by atoms with van der Waals surface area (Å²) in [5.74, 6) is 2.71. The Labute approximate surface area is 102 Å². The molecule has 2 rings (SSSR count). The molecule has 0 nitrogen and oxygen atoms in total. The van der Waals surface area contributed by atoms with Crippen molar-refractivity contribution < 1.29 is 0 Å². The van der Waals surface area contributed by atoms with Crippen molar-refractivity contribution in [1.82, 2.24) is 0 Å². The van der Waals surface area contributed by atoms with Gasteiger partial charge >= 0.3 is 0 Å². The van der Waals surface area contributed by atoms with E-state index in [0.717, 1.165) is 17.8 Å². The number of hydrogen-bond donors (Lipinski definition) is 0. The zero-order valence-electron chi connectivity index (χ0n) is 11.3. The van der Waals surface area contributed by atoms with Crippen molar-refractivity contribution in [2.24, 2.45) is 23.2 Å². The second-order valence-corrected chi connectivity index (χ2v) is 6.64. The van der Waals surface area contributed by atoms with Crippen LogP contribution in [0.25, 0.3) is 0 Å². The van der Waals surface area contributed by atoms with Gasteiger partial charge in [0.25, 0.3) is 0 Å². The summed E-state index contributed by atoms with van der Waals surface area (Å²) in [6, 6.07) is 0. The summed E-state index contributed by atoms with van der Waals surface area (Å²) in [7, 11) is 0. The molecular formula is C16H28. The molecule has 0 aromatic rings. The van der Waals surface area contributed by atoms with Crippen LogP contribution in [0.2, 0.25) is 0 Å². The molecule has 0 aromatic carbocycles. The van der Waals surface area contributed by atoms with Gasteiger partial charge in [-0.3, -0.25) is 0 Å². The molecule has 0 amide bonds. The van der Waals surface area contributed by atoms with E-state index in [2.05, 4.69) is 32.9 Å². The van der Waals surface area contributed by atoms with Crippen molar-refractivity contribution >= 4 is 0 Å². The largest absolute Gasteiger partial charge is 0.0877 e. The van der Waals surface area contributed by atoms with E-state index in [1.54, 1.807) is 0 Å². The van der Waals surface area contributed by atoms with Crippen LogP contribution in [0, 0.1) is 23.2 Å². The second kappa shape index (κ2) is 4.94. The summed E-state index contributed by atoms with van der Waals surface area (Å²) < 4.78 is 0. The average molecular weight is 220 g/mol. The fourth-order valence-corrected chi connectivity index (χ4v) is 3.69. The standard InChI is InChI=1S/C16H28/c1-13(12-15-8-7-9-15)14(2)16(3)10-5-4-6-11-16/h7-8,13-15H,4-6,9-12H2,1-3H3. The first kappa shape index (κ1) is 12.2. The minimum Gasteiger partial charge on any atom is -0.0877 e. The normalized spacial score (nSPS) is 31.8. The molecule has 0 bridgehead atoms. The molecule has 0 N–H and O–H groups in total. The third-order valence-electron chi connectivity index (χ3n) is 5.47. The maximum absolute atomic E-state index is 2.55. The molecule has 2 aliphatic carbocycles. The summed E-state index contributed by atoms with van der Waals surface area (Å²) >= 11 is 0. The van der Waals surface area contributed by atoms with E-state index in [-0.39, 0.29) is 0 Å². The van der Waals surface area contributed by atoms with Crippen LogP contribution < -0.4 is 0 Å². The van der Waals surface area contributed by atoms with Gasteiger partial charge in [0.15, 0.2) is 0 Å². The van der Waals surface area contributed by atoms with Gasteiger partial charge < -0.3 is 0 Å². The molecule has 16 heavy (non-hydrogen) atoms. The van der Waals surface area contributed by atoms with E-state index in [9.17, 15) is 0 Å². The van der Waals surface area contributed by atoms with E-state index in [1.165, 1.54) is 44.9 Å². The van der Waals surface area contributed by atoms with Crippen molar-refractivity contribution in [2.75, 3.05) is 0 Å². The first-order chi connectivity index (χ1) is 7.62. The van der Waals surface area contributed by atoms with Crippen molar-refractivity contribution in [1.29, 1.82) is 0 Å². The maximum Gasteiger partial charge on any atom is -0.0196 e. The van der Waals surface area contributed by atoms with Crippen LogP contribution in [0.3, 0.4) is 0 Å². The van der Waals surface area contributed by atoms with E-state index >= 15 is 0 Å². The number of hydrogen-bond acceptors (Lipinski definition) is 0. The van der Waals surface area contributed by atoms with Gasteiger partial charge in [-0.05, 0) is 48.9 Å². The second-order valence-electron chi connectivity index (χ2n) is 6.64. The predicted octanol–water partition coefficient (Wildman–Crippen LogP) is 5.20. The minimum atomic E-state index is 0.644. The van der Waals surface area contributed by atoms with E-state index in [0.29, 0.717) is 5.41 Å². The smallest absolute Gasteiger partial charge is 0.0196 e. The van der Waals surface area contributed by atoms with Crippen LogP contribution in [0.1, 0.15) is 65.7 Å². The molecule has 2 aliphatic rings. The fraction of sp³-hybridized carbons (Fsp3) is 0.875. The molecule has 1 fully saturated rings. The summed E-state index contributed by atoms with van der Waals surface area (Å²) in [5, 5.41) is 0. The SMILES string of the molecule is CC(CC1C=CC1)C(C)C1(C)CCCCC1. The first-order valence-electron chi connectivity index (χ1n) is 7.28. The number of allylic oxidation sites excluding steroid dienone is 2. The Balaban J connectivity index is 1.88. The molecule has 1 saturated carbocycles. The molecule has 0 heteroatoms. The maximum atomic E-state index is 2.55. The van der Waals surface area contributed by atoms with Gasteiger partial charge in [0.1, 0.15) is 0 Å². The van der Waals surface area contributed by atoms with Crippen molar-refractivity contribution in [3.63, 3.8) is 0 Å². The summed E-state index contributed by atoms with van der Waals surface area (Å²) in [6.07, 6.45) is 14.9. The zero-order valence-corrected chi connectivity index (χ0v) is 11.3. The Morgan fingerprint density at radius 2 is 1.81 bits per heavy atom. The van der Waals surface area contributed by atoms with Crippen LogP contribution in [-0.2, 0) is 0 Å². The topological polar surface area (TPSA) is 0 Å². The molecule has 0 saturated heterocycles. The highest BCUT2D eigenvalue weighted by molar-refractivity contribution is 5.02. The molecule has 0 radical (unpaired) electrons. The Morgan fingerprint density at radius 3 is 2.31 bits per heavy atom. The summed E-state index contributed by atoms with van der Waals surface area (Å²) in [4.78, 5) is 0. The lowest BCUT2D eigenvalue weighted by Crippen LogP contribution is -2.33. The van der Waals surface area contributed by atoms with Gasteiger partial charge in [-0.15, -0.1) is 0 Å². The van der Waals surface area contributed by atoms with Gasteiger partial charge in [-0.25, -0.2) is 0 Å². The first-order valence-corrected chi connectivity index (χ1v) is 7.28. The summed E-state index contributed by atoms with van der Waals surface area (Å²) in [5.41, 5.74) is 0.644. The molecule has 3 atom stereocenters. The average Bonchev–Trinajstić information content (AvgIpc) is 2.23. The van der Waals surface area contributed by atoms with E-state index in [1.807, 2.05) is 0 Å². The highest BCUT2D eigenvalue weighted by Crippen LogP contribution is 2.46. The number of rotatable bonds is 4. The van der Waals surface area contributed by atoms with Crippen LogP contribution in [0.5, 0.6) is 0 Å². The monoisotopic (exact) mass is 220 g/mol. The summed E-state index contributed by atoms with van der Waals surface area (Å²) in [6.45, 7) is 7.54. The van der Waals surface area contributed by atoms with Crippen molar-refractivity contribution in [2.45, 2.75) is 65.7 Å². The van der Waals surface area contributed by atoms with E-state index in [4.69, 9.17) is 0 Å². The van der Waals surface area contributed by atoms with Crippen LogP contribution in [-0.4, -0.2) is 0 Å². The Bertz CT molecular complexity index is 245. The molecule has 92 valence electrons. The Kier molecular flexibility index (Phi) is 3.77. The van der Waals surface area contributed by atoms with Gasteiger partial charge in [0.2, 0.25) is 0 Å². The third kappa shape index (κ3) is 2.52. The van der Waals surface area contributed by atoms with Crippen molar-refractivity contribution in [3.8, 4) is 0 Å². The highest BCUT2D eigenvalue weighted by atomic mass is 14.4. The third-order valence-corrected chi connectivity index (χ3v) is 5.47. The lowest BCUT2D eigenvalue weighted by molar-refractivity contribution is 0.0821. The van der Waals surface area contributed by atoms with Gasteiger partial charge in [0, 0.05) is 0 Å². The van der Waals surface area contributed by atoms with Crippen LogP contribution >= 0.6 is 0 Å². The lowest BCUT2D eigenvalue weighted by atomic mass is 9.63. The molecule has 0 aliphatic heterocycles. The predicted molar refractivity (Wildman–Crippen MR) is 71.4 cm³/mol. The lowest BCUT2D eigenvalue weighted by Gasteiger charge is -2.43. The van der Waals surface area contributed by atoms with Crippen molar-refractivity contribution in [3.05, 3.63) is 12.2 Å². The Hall–Kier alpha value is -0.260. The Morgan fingerprint density at radius 1 is 1.19 bits per heavy atom.